The number of carbonyl (C=O) groups is 1. The maximum atomic E-state index is 13.2. The molecule has 0 saturated heterocycles. The fraction of sp³-hybridized carbons (Fsp3) is 0.273. The highest BCUT2D eigenvalue weighted by molar-refractivity contribution is 5.85. The van der Waals surface area contributed by atoms with Crippen LogP contribution >= 0.6 is 0 Å². The second-order valence-electron chi connectivity index (χ2n) is 6.10. The number of ether oxygens (including phenoxy) is 1. The first-order chi connectivity index (χ1) is 13.6. The van der Waals surface area contributed by atoms with Crippen molar-refractivity contribution in [2.75, 3.05) is 13.2 Å². The molecule has 3 aromatic rings. The summed E-state index contributed by atoms with van der Waals surface area (Å²) in [6, 6.07) is 10.5. The standard InChI is InChI=1S/C19H19FN2O.C3H6O2/c1-22-13-17(14-4-6-16(20)7-5-14)19(18(22)3-2-12-23)15-8-10-21-11-9-15;1-2-5-3-4/h4-11,13,23H,2-3,12H2,1H3;3H,2H2,1H3. The Morgan fingerprint density at radius 3 is 2.36 bits per heavy atom. The van der Waals surface area contributed by atoms with Crippen molar-refractivity contribution in [2.24, 2.45) is 7.05 Å². The Bertz CT molecular complexity index is 861. The van der Waals surface area contributed by atoms with Gasteiger partial charge in [-0.15, -0.1) is 0 Å². The molecule has 2 heterocycles. The van der Waals surface area contributed by atoms with Crippen molar-refractivity contribution in [3.63, 3.8) is 0 Å². The molecule has 5 nitrogen and oxygen atoms in total. The summed E-state index contributed by atoms with van der Waals surface area (Å²) in [6.45, 7) is 2.82. The second-order valence-corrected chi connectivity index (χ2v) is 6.10. The van der Waals surface area contributed by atoms with Gasteiger partial charge in [0, 0.05) is 49.1 Å². The van der Waals surface area contributed by atoms with Gasteiger partial charge in [-0.2, -0.15) is 0 Å². The molecule has 0 radical (unpaired) electrons. The summed E-state index contributed by atoms with van der Waals surface area (Å²) in [5.41, 5.74) is 5.39. The van der Waals surface area contributed by atoms with E-state index in [9.17, 15) is 14.3 Å². The molecular formula is C22H25FN2O3. The molecule has 0 atom stereocenters. The topological polar surface area (TPSA) is 64.4 Å². The number of aryl methyl sites for hydroxylation is 1. The summed E-state index contributed by atoms with van der Waals surface area (Å²) < 4.78 is 19.5. The second kappa shape index (κ2) is 11.0. The van der Waals surface area contributed by atoms with E-state index in [4.69, 9.17) is 0 Å². The van der Waals surface area contributed by atoms with E-state index in [2.05, 4.69) is 20.5 Å². The lowest BCUT2D eigenvalue weighted by Crippen LogP contribution is -1.99. The SMILES string of the molecule is CCOC=O.Cn1cc(-c2ccc(F)cc2)c(-c2ccncc2)c1CCCO. The smallest absolute Gasteiger partial charge is 0.293 e. The minimum atomic E-state index is -0.240. The molecule has 2 aromatic heterocycles. The van der Waals surface area contributed by atoms with Gasteiger partial charge >= 0.3 is 0 Å². The molecule has 0 saturated carbocycles. The third-order valence-corrected chi connectivity index (χ3v) is 4.24. The van der Waals surface area contributed by atoms with Crippen LogP contribution in [0.5, 0.6) is 0 Å². The Morgan fingerprint density at radius 1 is 1.14 bits per heavy atom. The predicted octanol–water partition coefficient (Wildman–Crippen LogP) is 4.00. The predicted molar refractivity (Wildman–Crippen MR) is 107 cm³/mol. The molecular weight excluding hydrogens is 359 g/mol. The number of halogens is 1. The van der Waals surface area contributed by atoms with Gasteiger partial charge in [0.1, 0.15) is 5.82 Å². The lowest BCUT2D eigenvalue weighted by atomic mass is 9.96. The van der Waals surface area contributed by atoms with Crippen molar-refractivity contribution in [2.45, 2.75) is 19.8 Å². The summed E-state index contributed by atoms with van der Waals surface area (Å²) in [6.07, 6.45) is 7.10. The monoisotopic (exact) mass is 384 g/mol. The molecule has 1 aromatic carbocycles. The molecule has 1 N–H and O–H groups in total. The normalized spacial score (nSPS) is 10.1. The van der Waals surface area contributed by atoms with Crippen molar-refractivity contribution < 1.29 is 19.0 Å². The number of carbonyl (C=O) groups excluding carboxylic acids is 1. The van der Waals surface area contributed by atoms with E-state index in [1.807, 2.05) is 19.2 Å². The fourth-order valence-corrected chi connectivity index (χ4v) is 2.97. The van der Waals surface area contributed by atoms with Gasteiger partial charge in [0.25, 0.3) is 6.47 Å². The molecule has 0 aliphatic heterocycles. The highest BCUT2D eigenvalue weighted by Crippen LogP contribution is 2.36. The summed E-state index contributed by atoms with van der Waals surface area (Å²) in [4.78, 5) is 13.3. The number of benzene rings is 1. The summed E-state index contributed by atoms with van der Waals surface area (Å²) in [7, 11) is 2.00. The fourth-order valence-electron chi connectivity index (χ4n) is 2.97. The van der Waals surface area contributed by atoms with Gasteiger partial charge in [0.15, 0.2) is 0 Å². The Kier molecular flexibility index (Phi) is 8.37. The quantitative estimate of drug-likeness (QED) is 0.626. The van der Waals surface area contributed by atoms with E-state index in [1.54, 1.807) is 31.5 Å². The number of aliphatic hydroxyl groups is 1. The summed E-state index contributed by atoms with van der Waals surface area (Å²) in [5.74, 6) is -0.240. The van der Waals surface area contributed by atoms with Crippen LogP contribution in [-0.2, 0) is 23.0 Å². The maximum absolute atomic E-state index is 13.2. The molecule has 148 valence electrons. The van der Waals surface area contributed by atoms with Gasteiger partial charge in [0.2, 0.25) is 0 Å². The Balaban J connectivity index is 0.000000500. The van der Waals surface area contributed by atoms with E-state index in [0.29, 0.717) is 19.5 Å². The minimum Gasteiger partial charge on any atom is -0.468 e. The van der Waals surface area contributed by atoms with Crippen LogP contribution in [0.1, 0.15) is 19.0 Å². The zero-order valence-electron chi connectivity index (χ0n) is 16.1. The van der Waals surface area contributed by atoms with Crippen molar-refractivity contribution in [1.29, 1.82) is 0 Å². The van der Waals surface area contributed by atoms with Crippen LogP contribution in [0.15, 0.2) is 55.0 Å². The van der Waals surface area contributed by atoms with Gasteiger partial charge in [0.05, 0.1) is 6.61 Å². The molecule has 0 aliphatic carbocycles. The average Bonchev–Trinajstić information content (AvgIpc) is 3.05. The number of aromatic nitrogens is 2. The molecule has 0 unspecified atom stereocenters. The third kappa shape index (κ3) is 5.50. The van der Waals surface area contributed by atoms with Gasteiger partial charge in [-0.25, -0.2) is 4.39 Å². The van der Waals surface area contributed by atoms with Crippen molar-refractivity contribution >= 4 is 6.47 Å². The third-order valence-electron chi connectivity index (χ3n) is 4.24. The molecule has 6 heteroatoms. The first-order valence-corrected chi connectivity index (χ1v) is 9.13. The molecule has 0 aliphatic rings. The molecule has 0 bridgehead atoms. The Morgan fingerprint density at radius 2 is 1.82 bits per heavy atom. The van der Waals surface area contributed by atoms with Crippen LogP contribution in [0.3, 0.4) is 0 Å². The van der Waals surface area contributed by atoms with E-state index >= 15 is 0 Å². The van der Waals surface area contributed by atoms with Crippen molar-refractivity contribution in [1.82, 2.24) is 9.55 Å². The van der Waals surface area contributed by atoms with Gasteiger partial charge in [-0.1, -0.05) is 12.1 Å². The first kappa shape index (κ1) is 21.3. The number of hydrogen-bond donors (Lipinski definition) is 1. The molecule has 3 rings (SSSR count). The van der Waals surface area contributed by atoms with Crippen LogP contribution in [0.25, 0.3) is 22.3 Å². The maximum Gasteiger partial charge on any atom is 0.293 e. The van der Waals surface area contributed by atoms with E-state index in [0.717, 1.165) is 34.4 Å². The lowest BCUT2D eigenvalue weighted by Gasteiger charge is -2.09. The molecule has 0 amide bonds. The Hall–Kier alpha value is -2.99. The van der Waals surface area contributed by atoms with E-state index in [1.165, 1.54) is 12.1 Å². The summed E-state index contributed by atoms with van der Waals surface area (Å²) in [5, 5.41) is 9.17. The minimum absolute atomic E-state index is 0.160. The highest BCUT2D eigenvalue weighted by atomic mass is 19.1. The van der Waals surface area contributed by atoms with E-state index < -0.39 is 0 Å². The van der Waals surface area contributed by atoms with Crippen molar-refractivity contribution in [3.8, 4) is 22.3 Å². The molecule has 0 fully saturated rings. The van der Waals surface area contributed by atoms with Crippen LogP contribution in [0.4, 0.5) is 4.39 Å². The molecule has 0 spiro atoms. The highest BCUT2D eigenvalue weighted by Gasteiger charge is 2.17. The zero-order valence-corrected chi connectivity index (χ0v) is 16.1. The first-order valence-electron chi connectivity index (χ1n) is 9.13. The number of hydrogen-bond acceptors (Lipinski definition) is 4. The average molecular weight is 384 g/mol. The molecule has 28 heavy (non-hydrogen) atoms. The number of nitrogens with zero attached hydrogens (tertiary/aromatic N) is 2. The largest absolute Gasteiger partial charge is 0.468 e. The van der Waals surface area contributed by atoms with Crippen LogP contribution in [0.2, 0.25) is 0 Å². The lowest BCUT2D eigenvalue weighted by molar-refractivity contribution is -0.128. The van der Waals surface area contributed by atoms with Crippen LogP contribution in [-0.4, -0.2) is 34.3 Å². The number of pyridine rings is 1. The zero-order chi connectivity index (χ0) is 20.4. The number of aliphatic hydroxyl groups excluding tert-OH is 1. The number of rotatable bonds is 7. The Labute approximate surface area is 164 Å². The van der Waals surface area contributed by atoms with Gasteiger partial charge < -0.3 is 14.4 Å². The van der Waals surface area contributed by atoms with Gasteiger partial charge in [-0.05, 0) is 55.2 Å². The summed E-state index contributed by atoms with van der Waals surface area (Å²) >= 11 is 0. The van der Waals surface area contributed by atoms with Crippen LogP contribution < -0.4 is 0 Å². The van der Waals surface area contributed by atoms with Crippen LogP contribution in [0, 0.1) is 5.82 Å². The van der Waals surface area contributed by atoms with Gasteiger partial charge in [-0.3, -0.25) is 9.78 Å². The van der Waals surface area contributed by atoms with E-state index in [-0.39, 0.29) is 12.4 Å². The van der Waals surface area contributed by atoms with Crippen molar-refractivity contribution in [3.05, 3.63) is 66.5 Å².